The van der Waals surface area contributed by atoms with Crippen LogP contribution in [0.15, 0.2) is 42.7 Å². The van der Waals surface area contributed by atoms with Crippen molar-refractivity contribution in [2.75, 3.05) is 13.1 Å². The van der Waals surface area contributed by atoms with Crippen molar-refractivity contribution >= 4 is 11.7 Å². The van der Waals surface area contributed by atoms with Gasteiger partial charge in [-0.15, -0.1) is 0 Å². The van der Waals surface area contributed by atoms with E-state index in [2.05, 4.69) is 25.8 Å². The first-order valence-corrected chi connectivity index (χ1v) is 14.0. The number of Topliss-reactive ketones (excluding diaryl/α,β-unsaturated/α-hetero) is 1. The topological polar surface area (TPSA) is 90.7 Å². The fourth-order valence-corrected chi connectivity index (χ4v) is 4.89. The summed E-state index contributed by atoms with van der Waals surface area (Å²) in [6, 6.07) is 9.29. The summed E-state index contributed by atoms with van der Waals surface area (Å²) in [5.41, 5.74) is 3.08. The lowest BCUT2D eigenvalue weighted by Gasteiger charge is -2.27. The highest BCUT2D eigenvalue weighted by atomic mass is 16.3. The van der Waals surface area contributed by atoms with E-state index in [1.807, 2.05) is 36.1 Å². The minimum absolute atomic E-state index is 0.000958. The number of aryl methyl sites for hydroxylation is 1. The van der Waals surface area contributed by atoms with Crippen LogP contribution in [0.5, 0.6) is 0 Å². The van der Waals surface area contributed by atoms with Gasteiger partial charge in [0.25, 0.3) is 5.91 Å². The number of aromatic nitrogens is 1. The minimum Gasteiger partial charge on any atom is -0.390 e. The highest BCUT2D eigenvalue weighted by Gasteiger charge is 2.26. The molecular formula is C31H46N2O4. The quantitative estimate of drug-likeness (QED) is 0.263. The van der Waals surface area contributed by atoms with Crippen molar-refractivity contribution in [2.24, 2.45) is 5.92 Å². The lowest BCUT2D eigenvalue weighted by molar-refractivity contribution is -0.0246. The van der Waals surface area contributed by atoms with Gasteiger partial charge in [-0.25, -0.2) is 0 Å². The third-order valence-electron chi connectivity index (χ3n) is 6.88. The maximum atomic E-state index is 13.1. The molecule has 1 aromatic heterocycles. The number of rotatable bonds is 17. The lowest BCUT2D eigenvalue weighted by atomic mass is 9.85. The summed E-state index contributed by atoms with van der Waals surface area (Å²) in [6.45, 7) is 9.50. The second-order valence-corrected chi connectivity index (χ2v) is 10.2. The molecule has 0 spiro atoms. The summed E-state index contributed by atoms with van der Waals surface area (Å²) in [7, 11) is 0. The molecular weight excluding hydrogens is 464 g/mol. The summed E-state index contributed by atoms with van der Waals surface area (Å²) in [4.78, 5) is 32.2. The maximum Gasteiger partial charge on any atom is 0.253 e. The number of carbonyl (C=O) groups is 2. The van der Waals surface area contributed by atoms with Crippen LogP contribution in [0.4, 0.5) is 0 Å². The van der Waals surface area contributed by atoms with Crippen molar-refractivity contribution in [1.29, 1.82) is 0 Å². The van der Waals surface area contributed by atoms with Gasteiger partial charge < -0.3 is 15.1 Å². The Morgan fingerprint density at radius 3 is 2.16 bits per heavy atom. The molecule has 1 heterocycles. The second-order valence-electron chi connectivity index (χ2n) is 10.2. The Bertz CT molecular complexity index is 957. The molecule has 0 saturated carbocycles. The highest BCUT2D eigenvalue weighted by molar-refractivity contribution is 6.01. The Morgan fingerprint density at radius 2 is 1.54 bits per heavy atom. The number of aliphatic hydroxyl groups is 2. The fraction of sp³-hybridized carbons (Fsp3) is 0.581. The molecule has 0 bridgehead atoms. The van der Waals surface area contributed by atoms with Crippen LogP contribution >= 0.6 is 0 Å². The molecule has 1 amide bonds. The molecule has 3 unspecified atom stereocenters. The molecule has 0 saturated heterocycles. The third kappa shape index (κ3) is 10.0. The second kappa shape index (κ2) is 16.3. The van der Waals surface area contributed by atoms with Gasteiger partial charge in [-0.05, 0) is 92.8 Å². The normalized spacial score (nSPS) is 13.7. The molecule has 0 radical (unpaired) electrons. The van der Waals surface area contributed by atoms with Crippen LogP contribution in [0.2, 0.25) is 0 Å². The van der Waals surface area contributed by atoms with E-state index in [0.29, 0.717) is 56.3 Å². The zero-order valence-corrected chi connectivity index (χ0v) is 23.2. The van der Waals surface area contributed by atoms with E-state index < -0.39 is 12.2 Å². The summed E-state index contributed by atoms with van der Waals surface area (Å²) < 4.78 is 0. The largest absolute Gasteiger partial charge is 0.390 e. The van der Waals surface area contributed by atoms with E-state index in [4.69, 9.17) is 0 Å². The van der Waals surface area contributed by atoms with Crippen molar-refractivity contribution in [2.45, 2.75) is 97.7 Å². The van der Waals surface area contributed by atoms with E-state index in [1.165, 1.54) is 0 Å². The molecule has 2 aromatic rings. The Morgan fingerprint density at radius 1 is 0.892 bits per heavy atom. The summed E-state index contributed by atoms with van der Waals surface area (Å²) >= 11 is 0. The molecule has 0 aliphatic carbocycles. The highest BCUT2D eigenvalue weighted by Crippen LogP contribution is 2.24. The average molecular weight is 511 g/mol. The molecule has 6 nitrogen and oxygen atoms in total. The third-order valence-corrected chi connectivity index (χ3v) is 6.88. The van der Waals surface area contributed by atoms with Gasteiger partial charge in [0.05, 0.1) is 12.2 Å². The van der Waals surface area contributed by atoms with Crippen LogP contribution in [0.25, 0.3) is 0 Å². The SMILES string of the molecule is CCCCC(O)C(O)C(CCCC(=O)c1cc(C)cc(C(=O)N(CCC)CCC)c1)Cc1ccncc1. The van der Waals surface area contributed by atoms with Gasteiger partial charge in [0.15, 0.2) is 5.78 Å². The fourth-order valence-electron chi connectivity index (χ4n) is 4.89. The van der Waals surface area contributed by atoms with Gasteiger partial charge in [0.1, 0.15) is 0 Å². The Kier molecular flexibility index (Phi) is 13.5. The van der Waals surface area contributed by atoms with E-state index in [9.17, 15) is 19.8 Å². The van der Waals surface area contributed by atoms with Crippen LogP contribution in [0, 0.1) is 12.8 Å². The Hall–Kier alpha value is -2.57. The summed E-state index contributed by atoms with van der Waals surface area (Å²) in [5, 5.41) is 21.5. The van der Waals surface area contributed by atoms with Crippen molar-refractivity contribution in [3.8, 4) is 0 Å². The molecule has 2 rings (SSSR count). The minimum atomic E-state index is -0.846. The zero-order valence-electron chi connectivity index (χ0n) is 23.2. The number of ketones is 1. The van der Waals surface area contributed by atoms with Crippen molar-refractivity contribution < 1.29 is 19.8 Å². The standard InChI is InChI=1S/C31H46N2O4/c1-5-8-11-29(35)30(36)25(21-24-13-15-32-16-14-24)10-9-12-28(34)26-19-23(4)20-27(22-26)31(37)33(17-6-2)18-7-3/h13-16,19-20,22,25,29-30,35-36H,5-12,17-18,21H2,1-4H3. The van der Waals surface area contributed by atoms with Crippen LogP contribution in [0.3, 0.4) is 0 Å². The number of carbonyl (C=O) groups excluding carboxylic acids is 2. The predicted octanol–water partition coefficient (Wildman–Crippen LogP) is 5.78. The molecule has 6 heteroatoms. The van der Waals surface area contributed by atoms with Crippen molar-refractivity contribution in [3.05, 3.63) is 65.0 Å². The Balaban J connectivity index is 2.09. The van der Waals surface area contributed by atoms with Gasteiger partial charge in [0, 0.05) is 43.0 Å². The van der Waals surface area contributed by atoms with Gasteiger partial charge in [-0.3, -0.25) is 14.6 Å². The van der Waals surface area contributed by atoms with Crippen molar-refractivity contribution in [3.63, 3.8) is 0 Å². The number of nitrogens with zero attached hydrogens (tertiary/aromatic N) is 2. The number of pyridine rings is 1. The first-order valence-electron chi connectivity index (χ1n) is 14.0. The molecule has 0 fully saturated rings. The Labute approximate surface area is 223 Å². The smallest absolute Gasteiger partial charge is 0.253 e. The van der Waals surface area contributed by atoms with Gasteiger partial charge in [-0.1, -0.05) is 33.6 Å². The number of amides is 1. The van der Waals surface area contributed by atoms with E-state index in [0.717, 1.165) is 36.8 Å². The van der Waals surface area contributed by atoms with Crippen LogP contribution in [-0.4, -0.2) is 57.1 Å². The predicted molar refractivity (Wildman–Crippen MR) is 149 cm³/mol. The van der Waals surface area contributed by atoms with E-state index >= 15 is 0 Å². The molecule has 0 aliphatic rings. The first-order chi connectivity index (χ1) is 17.8. The molecule has 0 aliphatic heterocycles. The van der Waals surface area contributed by atoms with Crippen LogP contribution in [-0.2, 0) is 6.42 Å². The number of hydrogen-bond donors (Lipinski definition) is 2. The van der Waals surface area contributed by atoms with Crippen molar-refractivity contribution in [1.82, 2.24) is 9.88 Å². The number of hydrogen-bond acceptors (Lipinski definition) is 5. The number of benzene rings is 1. The molecule has 204 valence electrons. The summed E-state index contributed by atoms with van der Waals surface area (Å²) in [6.07, 6.45) is 8.18. The molecule has 37 heavy (non-hydrogen) atoms. The number of aliphatic hydroxyl groups excluding tert-OH is 2. The molecule has 2 N–H and O–H groups in total. The zero-order chi connectivity index (χ0) is 27.2. The van der Waals surface area contributed by atoms with Crippen LogP contribution < -0.4 is 0 Å². The number of unbranched alkanes of at least 4 members (excludes halogenated alkanes) is 1. The monoisotopic (exact) mass is 510 g/mol. The van der Waals surface area contributed by atoms with Gasteiger partial charge in [0.2, 0.25) is 0 Å². The first kappa shape index (κ1) is 30.7. The lowest BCUT2D eigenvalue weighted by Crippen LogP contribution is -2.35. The maximum absolute atomic E-state index is 13.1. The van der Waals surface area contributed by atoms with Gasteiger partial charge in [-0.2, -0.15) is 0 Å². The summed E-state index contributed by atoms with van der Waals surface area (Å²) in [5.74, 6) is -0.185. The van der Waals surface area contributed by atoms with Crippen LogP contribution in [0.1, 0.15) is 104 Å². The molecule has 3 atom stereocenters. The van der Waals surface area contributed by atoms with E-state index in [-0.39, 0.29) is 17.6 Å². The molecule has 1 aromatic carbocycles. The van der Waals surface area contributed by atoms with Gasteiger partial charge >= 0.3 is 0 Å². The van der Waals surface area contributed by atoms with E-state index in [1.54, 1.807) is 18.5 Å². The average Bonchev–Trinajstić information content (AvgIpc) is 2.90.